The van der Waals surface area contributed by atoms with Crippen LogP contribution in [-0.2, 0) is 40.4 Å². The SMILES string of the molecule is COC(=O)CNC(=O)C1(C)CN(C(=O)CN2CC(C)N(C(=O)OC(C)(C)C)CC2CN2CCOC[C@H]2C)c2cc(Cc3ccc(F)cc3)ccc21. The molecule has 5 rings (SSSR count). The van der Waals surface area contributed by atoms with E-state index < -0.39 is 22.9 Å². The normalized spacial score (nSPS) is 24.2. The molecule has 278 valence electrons. The van der Waals surface area contributed by atoms with Gasteiger partial charge in [-0.3, -0.25) is 24.2 Å². The molecule has 0 saturated carbocycles. The molecule has 3 unspecified atom stereocenters. The van der Waals surface area contributed by atoms with E-state index in [2.05, 4.69) is 22.0 Å². The molecular formula is C38H52FN5O7. The molecule has 12 nitrogen and oxygen atoms in total. The number of nitrogens with zero attached hydrogens (tertiary/aromatic N) is 4. The molecule has 2 fully saturated rings. The van der Waals surface area contributed by atoms with Crippen molar-refractivity contribution < 1.29 is 37.8 Å². The van der Waals surface area contributed by atoms with Crippen LogP contribution in [0.25, 0.3) is 0 Å². The summed E-state index contributed by atoms with van der Waals surface area (Å²) in [5.41, 5.74) is 1.31. The van der Waals surface area contributed by atoms with Crippen molar-refractivity contribution in [1.82, 2.24) is 20.0 Å². The van der Waals surface area contributed by atoms with E-state index in [0.29, 0.717) is 50.5 Å². The Morgan fingerprint density at radius 3 is 2.37 bits per heavy atom. The van der Waals surface area contributed by atoms with Gasteiger partial charge in [-0.2, -0.15) is 0 Å². The van der Waals surface area contributed by atoms with Crippen molar-refractivity contribution in [3.8, 4) is 0 Å². The molecular weight excluding hydrogens is 657 g/mol. The second-order valence-corrected chi connectivity index (χ2v) is 15.2. The Bertz CT molecular complexity index is 1600. The van der Waals surface area contributed by atoms with Crippen molar-refractivity contribution in [2.75, 3.05) is 71.0 Å². The minimum absolute atomic E-state index is 0.0668. The van der Waals surface area contributed by atoms with Gasteiger partial charge < -0.3 is 29.3 Å². The molecule has 2 aromatic rings. The average Bonchev–Trinajstić information content (AvgIpc) is 3.38. The maximum absolute atomic E-state index is 14.5. The zero-order valence-corrected chi connectivity index (χ0v) is 30.9. The molecule has 2 saturated heterocycles. The second kappa shape index (κ2) is 15.7. The summed E-state index contributed by atoms with van der Waals surface area (Å²) in [5.74, 6) is -1.47. The molecule has 1 N–H and O–H groups in total. The minimum atomic E-state index is -1.14. The number of halogens is 1. The van der Waals surface area contributed by atoms with Crippen molar-refractivity contribution in [3.05, 3.63) is 65.0 Å². The molecule has 51 heavy (non-hydrogen) atoms. The van der Waals surface area contributed by atoms with Gasteiger partial charge >= 0.3 is 12.1 Å². The summed E-state index contributed by atoms with van der Waals surface area (Å²) in [5, 5.41) is 2.69. The van der Waals surface area contributed by atoms with E-state index in [1.165, 1.54) is 19.2 Å². The highest BCUT2D eigenvalue weighted by Crippen LogP contribution is 2.42. The van der Waals surface area contributed by atoms with Gasteiger partial charge in [-0.15, -0.1) is 0 Å². The number of nitrogens with one attached hydrogen (secondary N) is 1. The Balaban J connectivity index is 1.43. The van der Waals surface area contributed by atoms with E-state index in [9.17, 15) is 23.6 Å². The van der Waals surface area contributed by atoms with E-state index in [1.54, 1.807) is 28.9 Å². The van der Waals surface area contributed by atoms with Gasteiger partial charge in [0.25, 0.3) is 0 Å². The molecule has 4 atom stereocenters. The molecule has 13 heteroatoms. The summed E-state index contributed by atoms with van der Waals surface area (Å²) in [4.78, 5) is 61.3. The van der Waals surface area contributed by atoms with Crippen LogP contribution >= 0.6 is 0 Å². The Morgan fingerprint density at radius 2 is 1.71 bits per heavy atom. The van der Waals surface area contributed by atoms with E-state index in [0.717, 1.165) is 17.7 Å². The molecule has 0 radical (unpaired) electrons. The molecule has 0 bridgehead atoms. The van der Waals surface area contributed by atoms with E-state index in [1.807, 2.05) is 45.9 Å². The van der Waals surface area contributed by atoms with Crippen molar-refractivity contribution in [2.24, 2.45) is 0 Å². The number of amides is 3. The number of hydrogen-bond acceptors (Lipinski definition) is 9. The van der Waals surface area contributed by atoms with Crippen molar-refractivity contribution in [1.29, 1.82) is 0 Å². The number of hydrogen-bond donors (Lipinski definition) is 1. The van der Waals surface area contributed by atoms with Gasteiger partial charge in [-0.05, 0) is 82.9 Å². The summed E-state index contributed by atoms with van der Waals surface area (Å²) in [6, 6.07) is 11.8. The lowest BCUT2D eigenvalue weighted by molar-refractivity contribution is -0.141. The third-order valence-corrected chi connectivity index (χ3v) is 10.0. The van der Waals surface area contributed by atoms with Crippen molar-refractivity contribution in [2.45, 2.75) is 77.1 Å². The number of fused-ring (bicyclic) bond motifs is 1. The molecule has 3 aliphatic heterocycles. The Morgan fingerprint density at radius 1 is 1.00 bits per heavy atom. The predicted molar refractivity (Wildman–Crippen MR) is 190 cm³/mol. The second-order valence-electron chi connectivity index (χ2n) is 15.2. The summed E-state index contributed by atoms with van der Waals surface area (Å²) in [6.07, 6.45) is 0.127. The van der Waals surface area contributed by atoms with Crippen LogP contribution in [0.5, 0.6) is 0 Å². The quantitative estimate of drug-likeness (QED) is 0.391. The zero-order valence-electron chi connectivity index (χ0n) is 30.9. The lowest BCUT2D eigenvalue weighted by Gasteiger charge is -2.47. The number of carbonyl (C=O) groups excluding carboxylic acids is 4. The summed E-state index contributed by atoms with van der Waals surface area (Å²) < 4.78 is 29.8. The first kappa shape index (κ1) is 38.2. The van der Waals surface area contributed by atoms with Crippen LogP contribution in [0.2, 0.25) is 0 Å². The number of methoxy groups -OCH3 is 1. The predicted octanol–water partition coefficient (Wildman–Crippen LogP) is 3.34. The highest BCUT2D eigenvalue weighted by Gasteiger charge is 2.48. The van der Waals surface area contributed by atoms with Crippen LogP contribution in [-0.4, -0.2) is 128 Å². The molecule has 3 aliphatic rings. The first-order chi connectivity index (χ1) is 24.1. The number of rotatable bonds is 9. The number of esters is 1. The van der Waals surface area contributed by atoms with E-state index >= 15 is 0 Å². The highest BCUT2D eigenvalue weighted by molar-refractivity contribution is 6.03. The summed E-state index contributed by atoms with van der Waals surface area (Å²) in [6.45, 7) is 14.7. The van der Waals surface area contributed by atoms with Gasteiger partial charge in [-0.25, -0.2) is 9.18 Å². The largest absolute Gasteiger partial charge is 0.468 e. The van der Waals surface area contributed by atoms with Crippen LogP contribution in [0, 0.1) is 5.82 Å². The van der Waals surface area contributed by atoms with Crippen molar-refractivity contribution in [3.63, 3.8) is 0 Å². The van der Waals surface area contributed by atoms with Crippen LogP contribution in [0.3, 0.4) is 0 Å². The fourth-order valence-electron chi connectivity index (χ4n) is 7.15. The first-order valence-electron chi connectivity index (χ1n) is 17.7. The number of piperazine rings is 1. The third kappa shape index (κ3) is 9.06. The first-order valence-corrected chi connectivity index (χ1v) is 17.7. The Hall–Kier alpha value is -4.07. The van der Waals surface area contributed by atoms with E-state index in [4.69, 9.17) is 14.2 Å². The average molecular weight is 710 g/mol. The standard InChI is InChI=1S/C38H52FN5O7/c1-25-19-42(30(20-41-14-15-50-23-26(41)2)21-43(25)36(48)51-37(3,4)5)22-33(45)44-24-38(6,35(47)40-18-34(46)49-7)31-13-10-28(17-32(31)44)16-27-8-11-29(39)12-9-27/h8-13,17,25-26,30H,14-16,18-24H2,1-7H3,(H,40,47)/t25?,26-,30?,38?/m1/s1. The molecule has 0 aliphatic carbocycles. The van der Waals surface area contributed by atoms with Crippen molar-refractivity contribution >= 4 is 29.6 Å². The van der Waals surface area contributed by atoms with E-state index in [-0.39, 0.29) is 55.6 Å². The molecule has 0 spiro atoms. The van der Waals surface area contributed by atoms with Gasteiger partial charge in [-0.1, -0.05) is 24.3 Å². The lowest BCUT2D eigenvalue weighted by atomic mass is 9.83. The molecule has 3 amide bonds. The van der Waals surface area contributed by atoms with Crippen LogP contribution in [0.1, 0.15) is 58.2 Å². The number of morpholine rings is 1. The summed E-state index contributed by atoms with van der Waals surface area (Å²) >= 11 is 0. The third-order valence-electron chi connectivity index (χ3n) is 10.0. The zero-order chi connectivity index (χ0) is 37.1. The Kier molecular flexibility index (Phi) is 11.7. The number of carbonyl (C=O) groups is 4. The number of ether oxygens (including phenoxy) is 3. The fraction of sp³-hybridized carbons (Fsp3) is 0.579. The Labute approximate surface area is 300 Å². The van der Waals surface area contributed by atoms with Gasteiger partial charge in [0.15, 0.2) is 0 Å². The lowest BCUT2D eigenvalue weighted by Crippen LogP contribution is -2.64. The maximum atomic E-state index is 14.5. The van der Waals surface area contributed by atoms with Crippen LogP contribution < -0.4 is 10.2 Å². The fourth-order valence-corrected chi connectivity index (χ4v) is 7.15. The van der Waals surface area contributed by atoms with Gasteiger partial charge in [0, 0.05) is 56.5 Å². The maximum Gasteiger partial charge on any atom is 0.410 e. The topological polar surface area (TPSA) is 121 Å². The smallest absolute Gasteiger partial charge is 0.410 e. The van der Waals surface area contributed by atoms with Crippen LogP contribution in [0.15, 0.2) is 42.5 Å². The highest BCUT2D eigenvalue weighted by atomic mass is 19.1. The number of benzene rings is 2. The summed E-state index contributed by atoms with van der Waals surface area (Å²) in [7, 11) is 1.26. The van der Waals surface area contributed by atoms with Crippen LogP contribution in [0.4, 0.5) is 14.9 Å². The molecule has 0 aromatic heterocycles. The molecule has 2 aromatic carbocycles. The minimum Gasteiger partial charge on any atom is -0.468 e. The van der Waals surface area contributed by atoms with Gasteiger partial charge in [0.05, 0.1) is 32.3 Å². The number of anilines is 1. The van der Waals surface area contributed by atoms with Gasteiger partial charge in [0.1, 0.15) is 18.0 Å². The van der Waals surface area contributed by atoms with Gasteiger partial charge in [0.2, 0.25) is 11.8 Å². The monoisotopic (exact) mass is 709 g/mol. The molecule has 3 heterocycles.